The molecule has 0 bridgehead atoms. The number of nitrogens with two attached hydrogens (primary N) is 1. The summed E-state index contributed by atoms with van der Waals surface area (Å²) in [5, 5.41) is 0. The van der Waals surface area contributed by atoms with E-state index in [-0.39, 0.29) is 4.90 Å². The number of nitrogen functional groups attached to an aromatic ring is 1. The second-order valence-electron chi connectivity index (χ2n) is 5.74. The fourth-order valence-electron chi connectivity index (χ4n) is 2.75. The Morgan fingerprint density at radius 3 is 2.48 bits per heavy atom. The van der Waals surface area contributed by atoms with Crippen LogP contribution >= 0.6 is 0 Å². The van der Waals surface area contributed by atoms with E-state index < -0.39 is 10.0 Å². The molecule has 6 heteroatoms. The summed E-state index contributed by atoms with van der Waals surface area (Å²) in [6, 6.07) is 3.64. The highest BCUT2D eigenvalue weighted by atomic mass is 32.2. The van der Waals surface area contributed by atoms with Gasteiger partial charge in [-0.05, 0) is 63.9 Å². The average Bonchev–Trinajstić information content (AvgIpc) is 2.92. The van der Waals surface area contributed by atoms with Crippen molar-refractivity contribution in [2.45, 2.75) is 38.0 Å². The molecule has 1 fully saturated rings. The molecular formula is C15H25N3O2S. The van der Waals surface area contributed by atoms with Crippen LogP contribution in [0.25, 0.3) is 0 Å². The molecule has 0 unspecified atom stereocenters. The third kappa shape index (κ3) is 3.96. The minimum absolute atomic E-state index is 0.226. The fourth-order valence-corrected chi connectivity index (χ4v) is 4.25. The monoisotopic (exact) mass is 311 g/mol. The molecule has 1 aromatic rings. The molecule has 0 radical (unpaired) electrons. The Morgan fingerprint density at radius 1 is 1.19 bits per heavy atom. The number of anilines is 1. The van der Waals surface area contributed by atoms with Crippen molar-refractivity contribution in [1.29, 1.82) is 0 Å². The van der Waals surface area contributed by atoms with Gasteiger partial charge in [0.15, 0.2) is 0 Å². The van der Waals surface area contributed by atoms with Crippen LogP contribution in [0.4, 0.5) is 5.69 Å². The van der Waals surface area contributed by atoms with Gasteiger partial charge in [-0.15, -0.1) is 0 Å². The number of aryl methyl sites for hydroxylation is 2. The Morgan fingerprint density at radius 2 is 1.81 bits per heavy atom. The number of nitrogens with zero attached hydrogens (tertiary/aromatic N) is 1. The first-order valence-corrected chi connectivity index (χ1v) is 8.98. The maximum atomic E-state index is 12.4. The Kier molecular flexibility index (Phi) is 5.24. The van der Waals surface area contributed by atoms with Crippen LogP contribution in [0, 0.1) is 13.8 Å². The van der Waals surface area contributed by atoms with Gasteiger partial charge in [0.1, 0.15) is 4.90 Å². The van der Waals surface area contributed by atoms with Crippen molar-refractivity contribution >= 4 is 15.7 Å². The summed E-state index contributed by atoms with van der Waals surface area (Å²) in [6.07, 6.45) is 3.33. The van der Waals surface area contributed by atoms with E-state index in [2.05, 4.69) is 9.62 Å². The molecule has 1 aliphatic heterocycles. The minimum Gasteiger partial charge on any atom is -0.397 e. The van der Waals surface area contributed by atoms with Crippen molar-refractivity contribution in [3.8, 4) is 0 Å². The van der Waals surface area contributed by atoms with E-state index in [0.717, 1.165) is 31.6 Å². The molecule has 3 N–H and O–H groups in total. The minimum atomic E-state index is -3.53. The summed E-state index contributed by atoms with van der Waals surface area (Å²) in [5.74, 6) is 0. The molecule has 118 valence electrons. The molecule has 21 heavy (non-hydrogen) atoms. The van der Waals surface area contributed by atoms with Crippen LogP contribution in [0.2, 0.25) is 0 Å². The summed E-state index contributed by atoms with van der Waals surface area (Å²) >= 11 is 0. The lowest BCUT2D eigenvalue weighted by Crippen LogP contribution is -2.29. The first-order chi connectivity index (χ1) is 9.92. The van der Waals surface area contributed by atoms with E-state index in [0.29, 0.717) is 17.8 Å². The first kappa shape index (κ1) is 16.3. The molecule has 1 saturated heterocycles. The van der Waals surface area contributed by atoms with E-state index in [1.54, 1.807) is 13.0 Å². The lowest BCUT2D eigenvalue weighted by Gasteiger charge is -2.16. The summed E-state index contributed by atoms with van der Waals surface area (Å²) in [4.78, 5) is 2.60. The predicted octanol–water partition coefficient (Wildman–Crippen LogP) is 1.65. The fraction of sp³-hybridized carbons (Fsp3) is 0.600. The molecule has 1 aromatic carbocycles. The smallest absolute Gasteiger partial charge is 0.242 e. The summed E-state index contributed by atoms with van der Waals surface area (Å²) in [7, 11) is -3.53. The lowest BCUT2D eigenvalue weighted by atomic mass is 10.1. The molecule has 1 heterocycles. The van der Waals surface area contributed by atoms with Crippen molar-refractivity contribution in [3.63, 3.8) is 0 Å². The van der Waals surface area contributed by atoms with E-state index in [9.17, 15) is 8.42 Å². The SMILES string of the molecule is Cc1ccc(C)c(S(=O)(=O)NCCCN2CCCC2)c1N. The topological polar surface area (TPSA) is 75.4 Å². The highest BCUT2D eigenvalue weighted by Crippen LogP contribution is 2.25. The van der Waals surface area contributed by atoms with Gasteiger partial charge in [0.2, 0.25) is 10.0 Å². The van der Waals surface area contributed by atoms with Gasteiger partial charge >= 0.3 is 0 Å². The molecule has 0 spiro atoms. The normalized spacial score (nSPS) is 16.5. The van der Waals surface area contributed by atoms with Gasteiger partial charge in [0.05, 0.1) is 5.69 Å². The Hall–Kier alpha value is -1.11. The zero-order valence-corrected chi connectivity index (χ0v) is 13.7. The Labute approximate surface area is 127 Å². The van der Waals surface area contributed by atoms with Gasteiger partial charge in [-0.2, -0.15) is 0 Å². The maximum absolute atomic E-state index is 12.4. The molecule has 0 aliphatic carbocycles. The second kappa shape index (κ2) is 6.77. The van der Waals surface area contributed by atoms with E-state index in [1.807, 2.05) is 13.0 Å². The standard InChI is InChI=1S/C15H25N3O2S/c1-12-6-7-13(2)15(14(12)16)21(19,20)17-8-5-11-18-9-3-4-10-18/h6-7,17H,3-5,8-11,16H2,1-2H3. The predicted molar refractivity (Wildman–Crippen MR) is 85.8 cm³/mol. The largest absolute Gasteiger partial charge is 0.397 e. The Bertz CT molecular complexity index is 593. The van der Waals surface area contributed by atoms with Crippen LogP contribution in [-0.4, -0.2) is 39.5 Å². The number of sulfonamides is 1. The number of likely N-dealkylation sites (tertiary alicyclic amines) is 1. The molecule has 1 aliphatic rings. The Balaban J connectivity index is 1.97. The summed E-state index contributed by atoms with van der Waals surface area (Å²) < 4.78 is 27.5. The van der Waals surface area contributed by atoms with Crippen LogP contribution in [0.5, 0.6) is 0 Å². The third-order valence-corrected chi connectivity index (χ3v) is 5.69. The highest BCUT2D eigenvalue weighted by molar-refractivity contribution is 7.89. The van der Waals surface area contributed by atoms with Crippen molar-refractivity contribution in [2.75, 3.05) is 31.9 Å². The van der Waals surface area contributed by atoms with E-state index in [4.69, 9.17) is 5.73 Å². The number of hydrogen-bond donors (Lipinski definition) is 2. The zero-order valence-electron chi connectivity index (χ0n) is 12.9. The zero-order chi connectivity index (χ0) is 15.5. The number of rotatable bonds is 6. The van der Waals surface area contributed by atoms with Gasteiger partial charge in [0, 0.05) is 6.54 Å². The van der Waals surface area contributed by atoms with Gasteiger partial charge in [0.25, 0.3) is 0 Å². The number of benzene rings is 1. The van der Waals surface area contributed by atoms with E-state index >= 15 is 0 Å². The molecular weight excluding hydrogens is 286 g/mol. The summed E-state index contributed by atoms with van der Waals surface area (Å²) in [5.41, 5.74) is 7.77. The van der Waals surface area contributed by atoms with Crippen molar-refractivity contribution < 1.29 is 8.42 Å². The average molecular weight is 311 g/mol. The van der Waals surface area contributed by atoms with E-state index in [1.165, 1.54) is 12.8 Å². The molecule has 0 atom stereocenters. The number of hydrogen-bond acceptors (Lipinski definition) is 4. The van der Waals surface area contributed by atoms with Crippen molar-refractivity contribution in [1.82, 2.24) is 9.62 Å². The quantitative estimate of drug-likeness (QED) is 0.619. The third-order valence-electron chi connectivity index (χ3n) is 4.02. The van der Waals surface area contributed by atoms with Crippen LogP contribution in [0.3, 0.4) is 0 Å². The van der Waals surface area contributed by atoms with Crippen LogP contribution in [0.1, 0.15) is 30.4 Å². The van der Waals surface area contributed by atoms with Gasteiger partial charge in [-0.1, -0.05) is 12.1 Å². The lowest BCUT2D eigenvalue weighted by molar-refractivity contribution is 0.334. The van der Waals surface area contributed by atoms with Crippen molar-refractivity contribution in [2.24, 2.45) is 0 Å². The highest BCUT2D eigenvalue weighted by Gasteiger charge is 2.21. The second-order valence-corrected chi connectivity index (χ2v) is 7.45. The van der Waals surface area contributed by atoms with Gasteiger partial charge in [-0.25, -0.2) is 13.1 Å². The first-order valence-electron chi connectivity index (χ1n) is 7.49. The van der Waals surface area contributed by atoms with Crippen LogP contribution < -0.4 is 10.5 Å². The number of nitrogens with one attached hydrogen (secondary N) is 1. The van der Waals surface area contributed by atoms with Crippen LogP contribution in [-0.2, 0) is 10.0 Å². The van der Waals surface area contributed by atoms with Gasteiger partial charge in [-0.3, -0.25) is 0 Å². The molecule has 0 amide bonds. The summed E-state index contributed by atoms with van der Waals surface area (Å²) in [6.45, 7) is 7.26. The molecule has 0 aromatic heterocycles. The molecule has 2 rings (SSSR count). The van der Waals surface area contributed by atoms with Crippen molar-refractivity contribution in [3.05, 3.63) is 23.3 Å². The van der Waals surface area contributed by atoms with Gasteiger partial charge < -0.3 is 10.6 Å². The maximum Gasteiger partial charge on any atom is 0.242 e. The van der Waals surface area contributed by atoms with Crippen LogP contribution in [0.15, 0.2) is 17.0 Å². The molecule has 0 saturated carbocycles. The molecule has 5 nitrogen and oxygen atoms in total.